The van der Waals surface area contributed by atoms with Crippen molar-refractivity contribution < 1.29 is 9.18 Å². The van der Waals surface area contributed by atoms with Gasteiger partial charge >= 0.3 is 0 Å². The smallest absolute Gasteiger partial charge is 0.239 e. The van der Waals surface area contributed by atoms with Gasteiger partial charge in [0, 0.05) is 37.3 Å². The molecule has 1 aliphatic heterocycles. The molecular weight excluding hydrogens is 520 g/mol. The molecule has 0 unspecified atom stereocenters. The number of hydrogen-bond acceptors (Lipinski definition) is 3. The van der Waals surface area contributed by atoms with Gasteiger partial charge < -0.3 is 20.9 Å². The van der Waals surface area contributed by atoms with Gasteiger partial charge in [0.1, 0.15) is 5.82 Å². The number of rotatable bonds is 7. The number of benzene rings is 2. The van der Waals surface area contributed by atoms with Crippen LogP contribution in [0.15, 0.2) is 53.5 Å². The minimum Gasteiger partial charge on any atom is -0.360 e. The van der Waals surface area contributed by atoms with Crippen LogP contribution in [0.1, 0.15) is 30.9 Å². The van der Waals surface area contributed by atoms with Crippen LogP contribution < -0.4 is 20.9 Å². The molecule has 0 atom stereocenters. The first-order chi connectivity index (χ1) is 15.1. The molecule has 1 aliphatic carbocycles. The number of halogens is 2. The van der Waals surface area contributed by atoms with Gasteiger partial charge in [0.25, 0.3) is 0 Å². The van der Waals surface area contributed by atoms with Crippen LogP contribution in [-0.2, 0) is 16.8 Å². The van der Waals surface area contributed by atoms with E-state index in [1.54, 1.807) is 12.1 Å². The van der Waals surface area contributed by atoms with Gasteiger partial charge in [0.2, 0.25) is 5.91 Å². The van der Waals surface area contributed by atoms with Crippen molar-refractivity contribution in [2.75, 3.05) is 37.6 Å². The molecule has 0 aromatic heterocycles. The summed E-state index contributed by atoms with van der Waals surface area (Å²) >= 11 is 0. The molecule has 2 aromatic rings. The second-order valence-corrected chi connectivity index (χ2v) is 8.28. The zero-order valence-corrected chi connectivity index (χ0v) is 20.7. The molecule has 3 N–H and O–H groups in total. The van der Waals surface area contributed by atoms with Crippen molar-refractivity contribution in [3.8, 4) is 0 Å². The highest BCUT2D eigenvalue weighted by molar-refractivity contribution is 14.0. The molecule has 1 heterocycles. The van der Waals surface area contributed by atoms with Gasteiger partial charge in [0.05, 0.1) is 13.1 Å². The molecule has 1 saturated carbocycles. The fraction of sp³-hybridized carbons (Fsp3) is 0.417. The maximum absolute atomic E-state index is 13.6. The number of anilines is 1. The van der Waals surface area contributed by atoms with Crippen molar-refractivity contribution in [3.05, 3.63) is 65.5 Å². The number of aliphatic imine (C=N–C) groups is 1. The average molecular weight is 551 g/mol. The van der Waals surface area contributed by atoms with Gasteiger partial charge in [-0.2, -0.15) is 0 Å². The topological polar surface area (TPSA) is 68.8 Å². The van der Waals surface area contributed by atoms with Gasteiger partial charge in [-0.15, -0.1) is 24.0 Å². The zero-order chi connectivity index (χ0) is 21.7. The molecule has 2 aliphatic rings. The standard InChI is InChI=1S/C24H30FN5O.HI/c1-2-26-23(29-17-24(10-11-24)19-4-3-5-20(25)14-19)28-15-18-6-8-21(9-7-18)30-13-12-27-22(31)16-30;/h3-9,14H,2,10-13,15-17H2,1H3,(H,27,31)(H2,26,28,29);1H. The van der Waals surface area contributed by atoms with Crippen molar-refractivity contribution in [2.45, 2.75) is 31.7 Å². The van der Waals surface area contributed by atoms with Crippen LogP contribution in [0.5, 0.6) is 0 Å². The van der Waals surface area contributed by atoms with Gasteiger partial charge in [-0.3, -0.25) is 4.79 Å². The van der Waals surface area contributed by atoms with Gasteiger partial charge in [-0.1, -0.05) is 24.3 Å². The Kier molecular flexibility index (Phi) is 8.33. The minimum absolute atomic E-state index is 0. The Bertz CT molecular complexity index is 946. The van der Waals surface area contributed by atoms with E-state index in [2.05, 4.69) is 33.0 Å². The highest BCUT2D eigenvalue weighted by Crippen LogP contribution is 2.47. The van der Waals surface area contributed by atoms with E-state index >= 15 is 0 Å². The molecule has 0 radical (unpaired) electrons. The van der Waals surface area contributed by atoms with E-state index in [1.165, 1.54) is 6.07 Å². The summed E-state index contributed by atoms with van der Waals surface area (Å²) in [5.41, 5.74) is 3.21. The molecule has 0 bridgehead atoms. The third-order valence-electron chi connectivity index (χ3n) is 5.99. The van der Waals surface area contributed by atoms with Crippen molar-refractivity contribution in [2.24, 2.45) is 4.99 Å². The van der Waals surface area contributed by atoms with Gasteiger partial charge in [-0.25, -0.2) is 9.38 Å². The number of hydrogen-bond donors (Lipinski definition) is 3. The van der Waals surface area contributed by atoms with E-state index in [9.17, 15) is 9.18 Å². The van der Waals surface area contributed by atoms with Crippen LogP contribution >= 0.6 is 24.0 Å². The summed E-state index contributed by atoms with van der Waals surface area (Å²) in [6.45, 7) is 6.01. The van der Waals surface area contributed by atoms with Crippen molar-refractivity contribution in [3.63, 3.8) is 0 Å². The molecule has 6 nitrogen and oxygen atoms in total. The molecule has 1 amide bonds. The molecule has 8 heteroatoms. The molecular formula is C24H31FIN5O. The summed E-state index contributed by atoms with van der Waals surface area (Å²) in [5.74, 6) is 0.646. The zero-order valence-electron chi connectivity index (χ0n) is 18.4. The SMILES string of the molecule is CCNC(=NCc1ccc(N2CCNC(=O)C2)cc1)NCC1(c2cccc(F)c2)CC1.I. The Morgan fingerprint density at radius 2 is 1.97 bits per heavy atom. The number of piperazine rings is 1. The van der Waals surface area contributed by atoms with E-state index < -0.39 is 0 Å². The predicted molar refractivity (Wildman–Crippen MR) is 137 cm³/mol. The van der Waals surface area contributed by atoms with E-state index in [0.29, 0.717) is 19.6 Å². The summed E-state index contributed by atoms with van der Waals surface area (Å²) in [4.78, 5) is 18.4. The lowest BCUT2D eigenvalue weighted by atomic mass is 9.96. The highest BCUT2D eigenvalue weighted by atomic mass is 127. The van der Waals surface area contributed by atoms with Crippen LogP contribution in [0.2, 0.25) is 0 Å². The van der Waals surface area contributed by atoms with Crippen LogP contribution in [0.4, 0.5) is 10.1 Å². The fourth-order valence-corrected chi connectivity index (χ4v) is 3.97. The lowest BCUT2D eigenvalue weighted by molar-refractivity contribution is -0.120. The van der Waals surface area contributed by atoms with Crippen LogP contribution in [0.3, 0.4) is 0 Å². The Morgan fingerprint density at radius 1 is 1.19 bits per heavy atom. The summed E-state index contributed by atoms with van der Waals surface area (Å²) in [7, 11) is 0. The maximum atomic E-state index is 13.6. The minimum atomic E-state index is -0.182. The predicted octanol–water partition coefficient (Wildman–Crippen LogP) is 3.17. The number of guanidine groups is 1. The molecule has 4 rings (SSSR count). The summed E-state index contributed by atoms with van der Waals surface area (Å²) in [5, 5.41) is 9.59. The quantitative estimate of drug-likeness (QED) is 0.281. The molecule has 1 saturated heterocycles. The largest absolute Gasteiger partial charge is 0.360 e. The number of amides is 1. The van der Waals surface area contributed by atoms with Crippen LogP contribution in [0.25, 0.3) is 0 Å². The molecule has 2 fully saturated rings. The lowest BCUT2D eigenvalue weighted by Crippen LogP contribution is -2.47. The third kappa shape index (κ3) is 6.11. The lowest BCUT2D eigenvalue weighted by Gasteiger charge is -2.28. The van der Waals surface area contributed by atoms with Gasteiger partial charge in [-0.05, 0) is 55.2 Å². The Morgan fingerprint density at radius 3 is 2.62 bits per heavy atom. The Labute approximate surface area is 206 Å². The molecule has 2 aromatic carbocycles. The van der Waals surface area contributed by atoms with Gasteiger partial charge in [0.15, 0.2) is 5.96 Å². The maximum Gasteiger partial charge on any atom is 0.239 e. The fourth-order valence-electron chi connectivity index (χ4n) is 3.97. The first-order valence-corrected chi connectivity index (χ1v) is 11.0. The van der Waals surface area contributed by atoms with Crippen molar-refractivity contribution >= 4 is 41.5 Å². The second-order valence-electron chi connectivity index (χ2n) is 8.28. The van der Waals surface area contributed by atoms with E-state index in [4.69, 9.17) is 4.99 Å². The third-order valence-corrected chi connectivity index (χ3v) is 5.99. The number of nitrogens with zero attached hydrogens (tertiary/aromatic N) is 2. The molecule has 0 spiro atoms. The van der Waals surface area contributed by atoms with Crippen LogP contribution in [0, 0.1) is 5.82 Å². The van der Waals surface area contributed by atoms with Crippen molar-refractivity contribution in [1.29, 1.82) is 0 Å². The summed E-state index contributed by atoms with van der Waals surface area (Å²) in [6.07, 6.45) is 2.11. The van der Waals surface area contributed by atoms with E-state index in [0.717, 1.165) is 55.2 Å². The first kappa shape index (κ1) is 24.3. The van der Waals surface area contributed by atoms with E-state index in [1.807, 2.05) is 25.1 Å². The Hall–Kier alpha value is -2.36. The molecule has 172 valence electrons. The second kappa shape index (κ2) is 11.0. The van der Waals surface area contributed by atoms with E-state index in [-0.39, 0.29) is 41.1 Å². The summed E-state index contributed by atoms with van der Waals surface area (Å²) < 4.78 is 13.6. The first-order valence-electron chi connectivity index (χ1n) is 11.0. The average Bonchev–Trinajstić information content (AvgIpc) is 3.57. The van der Waals surface area contributed by atoms with Crippen LogP contribution in [-0.4, -0.2) is 44.6 Å². The summed E-state index contributed by atoms with van der Waals surface area (Å²) in [6, 6.07) is 15.1. The Balaban J connectivity index is 0.00000289. The van der Waals surface area contributed by atoms with Crippen molar-refractivity contribution in [1.82, 2.24) is 16.0 Å². The monoisotopic (exact) mass is 551 g/mol. The normalized spacial score (nSPS) is 17.2. The number of carbonyl (C=O) groups is 1. The number of nitrogens with one attached hydrogen (secondary N) is 3. The molecule has 32 heavy (non-hydrogen) atoms. The highest BCUT2D eigenvalue weighted by Gasteiger charge is 2.44. The number of carbonyl (C=O) groups excluding carboxylic acids is 1.